The first-order valence-corrected chi connectivity index (χ1v) is 19.7. The normalized spacial score (nSPS) is 34.0. The molecule has 0 radical (unpaired) electrons. The second kappa shape index (κ2) is 15.6. The highest BCUT2D eigenvalue weighted by Crippen LogP contribution is 2.64. The summed E-state index contributed by atoms with van der Waals surface area (Å²) in [6, 6.07) is 0.915. The van der Waals surface area contributed by atoms with Crippen molar-refractivity contribution in [2.45, 2.75) is 69.2 Å². The third-order valence-corrected chi connectivity index (χ3v) is 12.1. The molecule has 286 valence electrons. The number of imidazole rings is 1. The molecule has 6 rings (SSSR count). The van der Waals surface area contributed by atoms with Crippen LogP contribution in [0.4, 0.5) is 19.4 Å². The quantitative estimate of drug-likeness (QED) is 0.109. The molecule has 3 saturated heterocycles. The summed E-state index contributed by atoms with van der Waals surface area (Å²) in [7, 11) is -4.07. The maximum absolute atomic E-state index is 16.3. The molecule has 6 heterocycles. The van der Waals surface area contributed by atoms with Crippen LogP contribution in [-0.4, -0.2) is 104 Å². The number of nitrogens with two attached hydrogens (primary N) is 1. The van der Waals surface area contributed by atoms with E-state index in [2.05, 4.69) is 19.8 Å². The lowest BCUT2D eigenvalue weighted by molar-refractivity contribution is -0.208. The van der Waals surface area contributed by atoms with Gasteiger partial charge in [-0.2, -0.15) is 0 Å². The zero-order valence-electron chi connectivity index (χ0n) is 27.1. The van der Waals surface area contributed by atoms with Gasteiger partial charge in [-0.05, 0) is 13.8 Å². The number of carbonyl (C=O) groups excluding carboxylic acids is 1. The lowest BCUT2D eigenvalue weighted by Gasteiger charge is -2.27. The van der Waals surface area contributed by atoms with Gasteiger partial charge in [0.05, 0.1) is 32.8 Å². The van der Waals surface area contributed by atoms with E-state index in [4.69, 9.17) is 47.5 Å². The van der Waals surface area contributed by atoms with E-state index in [-0.39, 0.29) is 28.4 Å². The molecule has 0 amide bonds. The molecular formula is C25H31F2N7O15P2S. The number of hydrogen-bond donors (Lipinski definition) is 2. The van der Waals surface area contributed by atoms with Crippen LogP contribution in [0.5, 0.6) is 0 Å². The van der Waals surface area contributed by atoms with Gasteiger partial charge in [-0.25, -0.2) is 47.3 Å². The van der Waals surface area contributed by atoms with Crippen LogP contribution in [0.15, 0.2) is 34.5 Å². The molecule has 0 spiro atoms. The number of aromatic nitrogens is 6. The Morgan fingerprint density at radius 3 is 2.54 bits per heavy atom. The van der Waals surface area contributed by atoms with Gasteiger partial charge in [0.25, 0.3) is 5.56 Å². The largest absolute Gasteiger partial charge is 0.509 e. The fourth-order valence-electron chi connectivity index (χ4n) is 5.28. The summed E-state index contributed by atoms with van der Waals surface area (Å²) in [6.45, 7) is -3.47. The molecule has 0 aromatic carbocycles. The van der Waals surface area contributed by atoms with Crippen LogP contribution in [0, 0.1) is 0 Å². The van der Waals surface area contributed by atoms with Crippen molar-refractivity contribution in [2.24, 2.45) is 0 Å². The third-order valence-electron chi connectivity index (χ3n) is 7.50. The number of fused-ring (bicyclic) bond motifs is 4. The van der Waals surface area contributed by atoms with E-state index in [1.165, 1.54) is 10.9 Å². The summed E-state index contributed by atoms with van der Waals surface area (Å²) in [6.07, 6.45) is -13.6. The second-order valence-corrected chi connectivity index (χ2v) is 16.8. The lowest BCUT2D eigenvalue weighted by atomic mass is 10.1. The molecule has 3 aliphatic rings. The number of nitrogens with zero attached hydrogens (tertiary/aromatic N) is 5. The summed E-state index contributed by atoms with van der Waals surface area (Å²) in [5.41, 5.74) is 4.19. The summed E-state index contributed by atoms with van der Waals surface area (Å²) in [5.74, 6) is -0.751. The Balaban J connectivity index is 1.36. The molecule has 2 bridgehead atoms. The van der Waals surface area contributed by atoms with Gasteiger partial charge in [0.15, 0.2) is 42.2 Å². The number of phosphoric acid groups is 1. The number of aromatic amines is 1. The van der Waals surface area contributed by atoms with Gasteiger partial charge in [-0.3, -0.25) is 37.0 Å². The Morgan fingerprint density at radius 1 is 1.06 bits per heavy atom. The summed E-state index contributed by atoms with van der Waals surface area (Å²) < 4.78 is 111. The molecule has 3 N–H and O–H groups in total. The van der Waals surface area contributed by atoms with Gasteiger partial charge < -0.3 is 24.7 Å². The van der Waals surface area contributed by atoms with Crippen LogP contribution in [0.3, 0.4) is 0 Å². The number of nitrogens with one attached hydrogen (secondary N) is 1. The predicted octanol–water partition coefficient (Wildman–Crippen LogP) is 2.29. The number of nitrogen functional groups attached to an aromatic ring is 1. The van der Waals surface area contributed by atoms with Crippen molar-refractivity contribution in [3.63, 3.8) is 0 Å². The highest BCUT2D eigenvalue weighted by Gasteiger charge is 2.56. The molecule has 22 nitrogen and oxygen atoms in total. The monoisotopic (exact) mass is 801 g/mol. The van der Waals surface area contributed by atoms with E-state index < -0.39 is 106 Å². The number of halogens is 2. The average Bonchev–Trinajstić information content (AvgIpc) is 3.73. The number of alkyl halides is 2. The smallest absolute Gasteiger partial charge is 0.432 e. The molecular weight excluding hydrogens is 770 g/mol. The molecule has 2 unspecified atom stereocenters. The van der Waals surface area contributed by atoms with E-state index in [0.29, 0.717) is 4.57 Å². The van der Waals surface area contributed by atoms with Crippen molar-refractivity contribution >= 4 is 49.1 Å². The number of carbonyl (C=O) groups is 1. The van der Waals surface area contributed by atoms with Crippen LogP contribution in [0.25, 0.3) is 11.2 Å². The topological polar surface area (TPSA) is 268 Å². The highest BCUT2D eigenvalue weighted by atomic mass is 32.7. The first-order valence-electron chi connectivity index (χ1n) is 15.1. The SMILES string of the molecule is COOP1(=O)OC[C@H]2O[C@@H](n3ccc(=O)[nH]c3=O)[C@H](F)[C@@H]2OP(=O)(SCOC(=O)OC(C)C)OC[C@H]2O[C@@H](n3cnc4c(N)ncnc43)[C@H](O1)[C@@H]2F. The molecule has 0 aliphatic carbocycles. The van der Waals surface area contributed by atoms with E-state index in [1.54, 1.807) is 13.8 Å². The summed E-state index contributed by atoms with van der Waals surface area (Å²) in [5, 5.41) is 0. The van der Waals surface area contributed by atoms with Crippen LogP contribution in [-0.2, 0) is 55.7 Å². The third kappa shape index (κ3) is 8.09. The van der Waals surface area contributed by atoms with Gasteiger partial charge in [0.2, 0.25) is 0 Å². The van der Waals surface area contributed by atoms with E-state index in [9.17, 15) is 23.5 Å². The first-order chi connectivity index (χ1) is 24.7. The number of phosphoric ester groups is 1. The van der Waals surface area contributed by atoms with Crippen molar-refractivity contribution in [1.29, 1.82) is 0 Å². The highest BCUT2D eigenvalue weighted by molar-refractivity contribution is 8.55. The lowest BCUT2D eigenvalue weighted by Crippen LogP contribution is -2.36. The Hall–Kier alpha value is -3.35. The minimum Gasteiger partial charge on any atom is -0.432 e. The molecule has 3 aliphatic heterocycles. The molecule has 3 aromatic heterocycles. The van der Waals surface area contributed by atoms with E-state index in [1.807, 2.05) is 4.98 Å². The average molecular weight is 802 g/mol. The maximum atomic E-state index is 16.3. The van der Waals surface area contributed by atoms with Crippen molar-refractivity contribution in [1.82, 2.24) is 29.1 Å². The number of anilines is 1. The molecule has 3 aromatic rings. The Morgan fingerprint density at radius 2 is 1.81 bits per heavy atom. The van der Waals surface area contributed by atoms with Crippen molar-refractivity contribution < 1.29 is 69.3 Å². The minimum atomic E-state index is -5.02. The van der Waals surface area contributed by atoms with Gasteiger partial charge in [0.1, 0.15) is 36.3 Å². The Kier molecular flexibility index (Phi) is 11.5. The van der Waals surface area contributed by atoms with E-state index >= 15 is 8.78 Å². The molecule has 10 atom stereocenters. The standard InChI is InChI=1S/C25H31F2N7O15P2S/c1-11(2)44-25(37)41-10-52-51(39)43-6-12-15(26)19(23(45-12)34-9-31-17-20(28)29-8-30-21(17)34)47-50(38,49-40-3)42-7-13-18(48-51)16(27)22(46-13)33-5-4-14(35)32-24(33)36/h4-5,8-9,11-13,15-16,18-19,22-23H,6-7,10H2,1-3H3,(H2,28,29,30)(H,32,35,36)/t12-,13-,15-,16-,18-,19-,22-,23-,50?,51?/m1/s1. The van der Waals surface area contributed by atoms with Gasteiger partial charge in [-0.15, -0.1) is 4.67 Å². The van der Waals surface area contributed by atoms with Crippen LogP contribution < -0.4 is 17.0 Å². The summed E-state index contributed by atoms with van der Waals surface area (Å²) >= 11 is 0.256. The number of hydrogen-bond acceptors (Lipinski definition) is 20. The predicted molar refractivity (Wildman–Crippen MR) is 169 cm³/mol. The zero-order valence-corrected chi connectivity index (χ0v) is 29.7. The Bertz CT molecular complexity index is 1990. The number of H-pyrrole nitrogens is 1. The van der Waals surface area contributed by atoms with E-state index in [0.717, 1.165) is 25.7 Å². The molecule has 0 saturated carbocycles. The summed E-state index contributed by atoms with van der Waals surface area (Å²) in [4.78, 5) is 54.9. The first kappa shape index (κ1) is 38.4. The zero-order chi connectivity index (χ0) is 37.4. The second-order valence-electron chi connectivity index (χ2n) is 11.3. The minimum absolute atomic E-state index is 0.0240. The fraction of sp³-hybridized carbons (Fsp3) is 0.600. The number of ether oxygens (including phenoxy) is 4. The van der Waals surface area contributed by atoms with Gasteiger partial charge in [-0.1, -0.05) is 0 Å². The fourth-order valence-corrected chi connectivity index (χ4v) is 9.24. The van der Waals surface area contributed by atoms with Crippen LogP contribution in [0.1, 0.15) is 26.3 Å². The molecule has 3 fully saturated rings. The number of rotatable bonds is 8. The molecule has 27 heteroatoms. The van der Waals surface area contributed by atoms with Gasteiger partial charge >= 0.3 is 26.5 Å². The van der Waals surface area contributed by atoms with Crippen LogP contribution in [0.2, 0.25) is 0 Å². The van der Waals surface area contributed by atoms with Gasteiger partial charge in [0, 0.05) is 23.6 Å². The van der Waals surface area contributed by atoms with Crippen LogP contribution >= 0.6 is 26.0 Å². The van der Waals surface area contributed by atoms with Crippen molar-refractivity contribution in [2.75, 3.05) is 32.0 Å². The molecule has 52 heavy (non-hydrogen) atoms. The van der Waals surface area contributed by atoms with Crippen molar-refractivity contribution in [3.05, 3.63) is 45.8 Å². The maximum Gasteiger partial charge on any atom is 0.509 e. The van der Waals surface area contributed by atoms with Crippen molar-refractivity contribution in [3.8, 4) is 0 Å². The Labute approximate surface area is 294 Å².